The van der Waals surface area contributed by atoms with Crippen LogP contribution in [0.4, 0.5) is 5.69 Å². The van der Waals surface area contributed by atoms with Crippen LogP contribution in [0.25, 0.3) is 23.1 Å². The topological polar surface area (TPSA) is 76.4 Å². The minimum absolute atomic E-state index is 0.624. The molecule has 0 spiro atoms. The van der Waals surface area contributed by atoms with Crippen LogP contribution < -0.4 is 10.5 Å². The second-order valence-electron chi connectivity index (χ2n) is 6.59. The predicted octanol–water partition coefficient (Wildman–Crippen LogP) is 3.03. The molecule has 0 unspecified atom stereocenters. The summed E-state index contributed by atoms with van der Waals surface area (Å²) in [6.45, 7) is 5.03. The van der Waals surface area contributed by atoms with Crippen LogP contribution in [0.3, 0.4) is 0 Å². The van der Waals surface area contributed by atoms with Gasteiger partial charge in [-0.05, 0) is 29.8 Å². The lowest BCUT2D eigenvalue weighted by atomic mass is 10.1. The number of aromatic amines is 1. The second kappa shape index (κ2) is 8.24. The van der Waals surface area contributed by atoms with Gasteiger partial charge < -0.3 is 15.2 Å². The zero-order valence-corrected chi connectivity index (χ0v) is 15.2. The molecule has 0 aliphatic carbocycles. The van der Waals surface area contributed by atoms with E-state index >= 15 is 0 Å². The lowest BCUT2D eigenvalue weighted by molar-refractivity contribution is 0.0323. The van der Waals surface area contributed by atoms with Crippen LogP contribution in [0.15, 0.2) is 42.5 Å². The van der Waals surface area contributed by atoms with Gasteiger partial charge in [-0.2, -0.15) is 5.10 Å². The molecule has 0 amide bonds. The Morgan fingerprint density at radius 3 is 2.85 bits per heavy atom. The van der Waals surface area contributed by atoms with E-state index in [-0.39, 0.29) is 0 Å². The predicted molar refractivity (Wildman–Crippen MR) is 109 cm³/mol. The van der Waals surface area contributed by atoms with Gasteiger partial charge in [0.2, 0.25) is 0 Å². The minimum Gasteiger partial charge on any atom is -0.490 e. The Hall–Kier alpha value is -2.83. The first kappa shape index (κ1) is 17.6. The lowest BCUT2D eigenvalue weighted by Gasteiger charge is -2.26. The Morgan fingerprint density at radius 2 is 2.00 bits per heavy atom. The van der Waals surface area contributed by atoms with Crippen LogP contribution in [0.5, 0.6) is 5.75 Å². The Labute approximate surface area is 158 Å². The van der Waals surface area contributed by atoms with Gasteiger partial charge in [-0.15, -0.1) is 0 Å². The molecular weight excluding hydrogens is 340 g/mol. The van der Waals surface area contributed by atoms with E-state index in [9.17, 15) is 0 Å². The average molecular weight is 364 g/mol. The van der Waals surface area contributed by atoms with Crippen molar-refractivity contribution in [2.75, 3.05) is 45.2 Å². The summed E-state index contributed by atoms with van der Waals surface area (Å²) in [5.41, 5.74) is 9.76. The summed E-state index contributed by atoms with van der Waals surface area (Å²) in [5, 5.41) is 8.49. The van der Waals surface area contributed by atoms with Gasteiger partial charge in [0.1, 0.15) is 12.4 Å². The molecule has 4 rings (SSSR count). The number of benzene rings is 2. The average Bonchev–Trinajstić information content (AvgIpc) is 3.12. The minimum atomic E-state index is 0.624. The monoisotopic (exact) mass is 364 g/mol. The molecule has 0 saturated carbocycles. The van der Waals surface area contributed by atoms with Crippen molar-refractivity contribution < 1.29 is 9.47 Å². The summed E-state index contributed by atoms with van der Waals surface area (Å²) in [4.78, 5) is 2.34. The molecule has 140 valence electrons. The molecule has 2 aromatic carbocycles. The number of anilines is 1. The highest BCUT2D eigenvalue weighted by atomic mass is 16.5. The van der Waals surface area contributed by atoms with Gasteiger partial charge >= 0.3 is 0 Å². The summed E-state index contributed by atoms with van der Waals surface area (Å²) in [6, 6.07) is 13.9. The van der Waals surface area contributed by atoms with Crippen LogP contribution in [-0.4, -0.2) is 54.6 Å². The van der Waals surface area contributed by atoms with Crippen LogP contribution in [-0.2, 0) is 4.74 Å². The number of nitrogens with two attached hydrogens (primary N) is 1. The van der Waals surface area contributed by atoms with E-state index in [1.165, 1.54) is 0 Å². The zero-order chi connectivity index (χ0) is 18.5. The van der Waals surface area contributed by atoms with Crippen molar-refractivity contribution in [3.8, 4) is 5.75 Å². The fourth-order valence-electron chi connectivity index (χ4n) is 3.20. The third-order valence-electron chi connectivity index (χ3n) is 4.74. The Morgan fingerprint density at radius 1 is 1.15 bits per heavy atom. The fraction of sp³-hybridized carbons (Fsp3) is 0.286. The number of H-pyrrole nitrogens is 1. The first-order valence-electron chi connectivity index (χ1n) is 9.23. The highest BCUT2D eigenvalue weighted by Crippen LogP contribution is 2.24. The molecule has 0 atom stereocenters. The largest absolute Gasteiger partial charge is 0.490 e. The molecule has 27 heavy (non-hydrogen) atoms. The van der Waals surface area contributed by atoms with Gasteiger partial charge in [0.05, 0.1) is 30.1 Å². The van der Waals surface area contributed by atoms with Crippen LogP contribution >= 0.6 is 0 Å². The maximum Gasteiger partial charge on any atom is 0.142 e. The summed E-state index contributed by atoms with van der Waals surface area (Å²) < 4.78 is 11.2. The lowest BCUT2D eigenvalue weighted by Crippen LogP contribution is -2.38. The molecule has 1 aliphatic rings. The van der Waals surface area contributed by atoms with Crippen molar-refractivity contribution in [2.24, 2.45) is 0 Å². The number of aromatic nitrogens is 2. The first-order chi connectivity index (χ1) is 13.3. The van der Waals surface area contributed by atoms with Crippen molar-refractivity contribution in [2.45, 2.75) is 0 Å². The number of hydrogen-bond acceptors (Lipinski definition) is 5. The van der Waals surface area contributed by atoms with E-state index in [0.717, 1.165) is 60.8 Å². The molecule has 6 nitrogen and oxygen atoms in total. The molecule has 1 aliphatic heterocycles. The van der Waals surface area contributed by atoms with E-state index in [1.807, 2.05) is 48.6 Å². The van der Waals surface area contributed by atoms with E-state index in [1.54, 1.807) is 0 Å². The van der Waals surface area contributed by atoms with Gasteiger partial charge in [-0.1, -0.05) is 30.3 Å². The van der Waals surface area contributed by atoms with Crippen molar-refractivity contribution in [1.82, 2.24) is 15.1 Å². The number of nitrogens with zero attached hydrogens (tertiary/aromatic N) is 2. The SMILES string of the molecule is Nc1cc(C=Cc2n[nH]c3ccccc23)ccc1OCCN1CCOCC1. The van der Waals surface area contributed by atoms with E-state index in [4.69, 9.17) is 15.2 Å². The van der Waals surface area contributed by atoms with Crippen molar-refractivity contribution >= 4 is 28.7 Å². The first-order valence-corrected chi connectivity index (χ1v) is 9.23. The second-order valence-corrected chi connectivity index (χ2v) is 6.59. The molecule has 3 aromatic rings. The number of hydrogen-bond donors (Lipinski definition) is 2. The number of nitrogens with one attached hydrogen (secondary N) is 1. The van der Waals surface area contributed by atoms with Crippen LogP contribution in [0.1, 0.15) is 11.3 Å². The van der Waals surface area contributed by atoms with Crippen LogP contribution in [0.2, 0.25) is 0 Å². The van der Waals surface area contributed by atoms with Gasteiger partial charge in [-0.3, -0.25) is 10.00 Å². The molecule has 0 bridgehead atoms. The molecule has 1 fully saturated rings. The third-order valence-corrected chi connectivity index (χ3v) is 4.74. The molecule has 3 N–H and O–H groups in total. The normalized spacial score (nSPS) is 15.6. The van der Waals surface area contributed by atoms with E-state index in [0.29, 0.717) is 12.3 Å². The highest BCUT2D eigenvalue weighted by Gasteiger charge is 2.10. The summed E-state index contributed by atoms with van der Waals surface area (Å²) in [5.74, 6) is 0.727. The van der Waals surface area contributed by atoms with Crippen molar-refractivity contribution in [1.29, 1.82) is 0 Å². The van der Waals surface area contributed by atoms with Crippen LogP contribution in [0, 0.1) is 0 Å². The molecule has 1 saturated heterocycles. The number of fused-ring (bicyclic) bond motifs is 1. The third kappa shape index (κ3) is 4.30. The Bertz CT molecular complexity index is 929. The van der Waals surface area contributed by atoms with Gasteiger partial charge in [0, 0.05) is 25.0 Å². The number of ether oxygens (including phenoxy) is 2. The number of morpholine rings is 1. The van der Waals surface area contributed by atoms with Gasteiger partial charge in [0.25, 0.3) is 0 Å². The van der Waals surface area contributed by atoms with Crippen molar-refractivity contribution in [3.63, 3.8) is 0 Å². The number of rotatable bonds is 6. The summed E-state index contributed by atoms with van der Waals surface area (Å²) in [6.07, 6.45) is 4.00. The molecule has 6 heteroatoms. The standard InChI is InChI=1S/C21H24N4O2/c22-18-15-16(5-7-20-17-3-1-2-4-19(17)23-24-20)6-8-21(18)27-14-11-25-9-12-26-13-10-25/h1-8,15H,9-14,22H2,(H,23,24). The molecule has 2 heterocycles. The quantitative estimate of drug-likeness (QED) is 0.658. The maximum absolute atomic E-state index is 6.17. The molecular formula is C21H24N4O2. The zero-order valence-electron chi connectivity index (χ0n) is 15.2. The molecule has 1 aromatic heterocycles. The smallest absolute Gasteiger partial charge is 0.142 e. The summed E-state index contributed by atoms with van der Waals surface area (Å²) >= 11 is 0. The van der Waals surface area contributed by atoms with E-state index < -0.39 is 0 Å². The summed E-state index contributed by atoms with van der Waals surface area (Å²) in [7, 11) is 0. The highest BCUT2D eigenvalue weighted by molar-refractivity contribution is 5.89. The number of para-hydroxylation sites is 1. The van der Waals surface area contributed by atoms with Gasteiger partial charge in [0.15, 0.2) is 0 Å². The Kier molecular flexibility index (Phi) is 5.37. The number of nitrogen functional groups attached to an aromatic ring is 1. The van der Waals surface area contributed by atoms with Crippen molar-refractivity contribution in [3.05, 3.63) is 53.7 Å². The Balaban J connectivity index is 1.37. The fourth-order valence-corrected chi connectivity index (χ4v) is 3.20. The maximum atomic E-state index is 6.17. The molecule has 0 radical (unpaired) electrons. The van der Waals surface area contributed by atoms with Gasteiger partial charge in [-0.25, -0.2) is 0 Å². The van der Waals surface area contributed by atoms with E-state index in [2.05, 4.69) is 21.2 Å².